The van der Waals surface area contributed by atoms with E-state index >= 15 is 0 Å². The summed E-state index contributed by atoms with van der Waals surface area (Å²) in [5.41, 5.74) is 0. The Bertz CT molecular complexity index is 637. The van der Waals surface area contributed by atoms with Gasteiger partial charge in [0.05, 0.1) is 0 Å². The molecule has 0 unspecified atom stereocenters. The molecule has 0 aromatic heterocycles. The van der Waals surface area contributed by atoms with Gasteiger partial charge in [-0.2, -0.15) is 0 Å². The lowest BCUT2D eigenvalue weighted by Gasteiger charge is -1.91. The quantitative estimate of drug-likeness (QED) is 0.545. The van der Waals surface area contributed by atoms with E-state index in [1.165, 1.54) is 20.9 Å². The highest BCUT2D eigenvalue weighted by molar-refractivity contribution is 6.67. The first-order valence-corrected chi connectivity index (χ1v) is 5.15. The minimum absolute atomic E-state index is 1.29. The van der Waals surface area contributed by atoms with Crippen LogP contribution in [0.2, 0.25) is 0 Å². The third kappa shape index (κ3) is 1.40. The van der Waals surface area contributed by atoms with Crippen molar-refractivity contribution in [3.8, 4) is 0 Å². The summed E-state index contributed by atoms with van der Waals surface area (Å²) in [5.74, 6) is 4.32. The average molecular weight is 189 g/mol. The monoisotopic (exact) mass is 189 g/mol. The molecule has 1 heteroatoms. The lowest BCUT2D eigenvalue weighted by Crippen LogP contribution is -2.05. The lowest BCUT2D eigenvalue weighted by molar-refractivity contribution is 1.41. The normalized spacial score (nSPS) is 12.3. The van der Waals surface area contributed by atoms with Crippen LogP contribution in [0.15, 0.2) is 48.5 Å². The molecule has 0 saturated carbocycles. The third-order valence-electron chi connectivity index (χ3n) is 2.76. The van der Waals surface area contributed by atoms with E-state index in [1.807, 2.05) is 0 Å². The molecule has 2 aromatic carbocycles. The summed E-state index contributed by atoms with van der Waals surface area (Å²) in [5, 5.41) is 5.22. The van der Waals surface area contributed by atoms with Crippen molar-refractivity contribution in [2.45, 2.75) is 0 Å². The van der Waals surface area contributed by atoms with Crippen molar-refractivity contribution < 1.29 is 0 Å². The zero-order valence-corrected chi connectivity index (χ0v) is 8.35. The molecule has 0 fully saturated rings. The molecular weight excluding hydrogens is 179 g/mol. The van der Waals surface area contributed by atoms with Gasteiger partial charge in [0.25, 0.3) is 0 Å². The van der Waals surface area contributed by atoms with E-state index < -0.39 is 0 Å². The van der Waals surface area contributed by atoms with E-state index in [2.05, 4.69) is 67.8 Å². The summed E-state index contributed by atoms with van der Waals surface area (Å²) in [4.78, 5) is 0. The first-order chi connectivity index (χ1) is 7.45. The number of fused-ring (bicyclic) bond motifs is 2. The van der Waals surface area contributed by atoms with Gasteiger partial charge in [-0.15, -0.1) is 12.0 Å². The summed E-state index contributed by atoms with van der Waals surface area (Å²) < 4.78 is 0. The lowest BCUT2D eigenvalue weighted by atomic mass is 9.77. The van der Waals surface area contributed by atoms with Crippen LogP contribution in [0.25, 0.3) is 12.0 Å². The van der Waals surface area contributed by atoms with Crippen LogP contribution in [0.4, 0.5) is 0 Å². The van der Waals surface area contributed by atoms with Crippen LogP contribution in [0.1, 0.15) is 0 Å². The average Bonchev–Trinajstić information content (AvgIpc) is 2.48. The van der Waals surface area contributed by atoms with E-state index in [0.717, 1.165) is 0 Å². The fourth-order valence-electron chi connectivity index (χ4n) is 2.03. The predicted octanol–water partition coefficient (Wildman–Crippen LogP) is 1.17. The molecule has 0 atom stereocenters. The van der Waals surface area contributed by atoms with Crippen LogP contribution >= 0.6 is 0 Å². The molecule has 2 aromatic rings. The van der Waals surface area contributed by atoms with Crippen LogP contribution in [0, 0.1) is 10.4 Å². The van der Waals surface area contributed by atoms with Gasteiger partial charge >= 0.3 is 0 Å². The van der Waals surface area contributed by atoms with Crippen LogP contribution < -0.4 is 10.4 Å². The minimum Gasteiger partial charge on any atom is -0.109 e. The fourth-order valence-corrected chi connectivity index (χ4v) is 2.03. The second-order valence-corrected chi connectivity index (χ2v) is 3.70. The van der Waals surface area contributed by atoms with Crippen molar-refractivity contribution in [3.05, 3.63) is 69.4 Å². The molecule has 3 rings (SSSR count). The highest BCUT2D eigenvalue weighted by Gasteiger charge is 1.93. The standard InChI is InChI=1S/C14H10B/c1-3-7-13-11(5-1)9-15-10-12-6-2-4-8-14(12)13/h1-10H. The number of hydrogen-bond acceptors (Lipinski definition) is 0. The molecule has 1 radical (unpaired) electrons. The fraction of sp³-hybridized carbons (Fsp3) is 0. The molecule has 0 bridgehead atoms. The first kappa shape index (κ1) is 8.54. The molecule has 0 saturated heterocycles. The molecule has 0 N–H and O–H groups in total. The Morgan fingerprint density at radius 1 is 0.600 bits per heavy atom. The van der Waals surface area contributed by atoms with Crippen molar-refractivity contribution in [1.29, 1.82) is 0 Å². The van der Waals surface area contributed by atoms with E-state index in [4.69, 9.17) is 0 Å². The van der Waals surface area contributed by atoms with Crippen molar-refractivity contribution in [3.63, 3.8) is 0 Å². The maximum Gasteiger partial charge on any atom is 0.172 e. The van der Waals surface area contributed by atoms with E-state index in [-0.39, 0.29) is 0 Å². The maximum absolute atomic E-state index is 2.18. The zero-order valence-electron chi connectivity index (χ0n) is 8.35. The number of hydrogen-bond donors (Lipinski definition) is 0. The smallest absolute Gasteiger partial charge is 0.109 e. The van der Waals surface area contributed by atoms with Gasteiger partial charge in [0.2, 0.25) is 0 Å². The minimum atomic E-state index is 1.29. The molecule has 69 valence electrons. The molecule has 0 spiro atoms. The summed E-state index contributed by atoms with van der Waals surface area (Å²) in [6.07, 6.45) is 0. The molecule has 0 nitrogen and oxygen atoms in total. The van der Waals surface area contributed by atoms with Gasteiger partial charge in [-0.05, 0) is 20.9 Å². The van der Waals surface area contributed by atoms with E-state index in [9.17, 15) is 0 Å². The number of rotatable bonds is 0. The van der Waals surface area contributed by atoms with Gasteiger partial charge in [0, 0.05) is 0 Å². The molecule has 1 heterocycles. The third-order valence-corrected chi connectivity index (χ3v) is 2.76. The Balaban J connectivity index is 2.73. The second kappa shape index (κ2) is 3.43. The van der Waals surface area contributed by atoms with Gasteiger partial charge in [-0.25, -0.2) is 0 Å². The summed E-state index contributed by atoms with van der Waals surface area (Å²) in [6.45, 7) is 0. The number of benzene rings is 2. The maximum atomic E-state index is 2.18. The van der Waals surface area contributed by atoms with Gasteiger partial charge in [0.15, 0.2) is 7.28 Å². The van der Waals surface area contributed by atoms with Gasteiger partial charge in [0.1, 0.15) is 0 Å². The van der Waals surface area contributed by atoms with Gasteiger partial charge in [-0.1, -0.05) is 48.5 Å². The van der Waals surface area contributed by atoms with Crippen molar-refractivity contribution in [2.75, 3.05) is 0 Å². The Labute approximate surface area is 89.1 Å². The molecule has 1 aliphatic rings. The SMILES string of the molecule is [B]1C=c2ccccc2=c2ccccc2=C1. The molecule has 1 aliphatic heterocycles. The summed E-state index contributed by atoms with van der Waals surface area (Å²) >= 11 is 0. The van der Waals surface area contributed by atoms with Crippen molar-refractivity contribution in [1.82, 2.24) is 0 Å². The second-order valence-electron chi connectivity index (χ2n) is 3.70. The first-order valence-electron chi connectivity index (χ1n) is 5.15. The molecule has 0 amide bonds. The predicted molar refractivity (Wildman–Crippen MR) is 64.5 cm³/mol. The van der Waals surface area contributed by atoms with E-state index in [0.29, 0.717) is 0 Å². The van der Waals surface area contributed by atoms with Crippen LogP contribution in [0.5, 0.6) is 0 Å². The Morgan fingerprint density at radius 2 is 1.07 bits per heavy atom. The Morgan fingerprint density at radius 3 is 1.60 bits per heavy atom. The summed E-state index contributed by atoms with van der Waals surface area (Å²) in [6, 6.07) is 17.0. The highest BCUT2D eigenvalue weighted by atomic mass is 13.9. The Hall–Kier alpha value is -1.76. The van der Waals surface area contributed by atoms with Gasteiger partial charge < -0.3 is 0 Å². The topological polar surface area (TPSA) is 0 Å². The van der Waals surface area contributed by atoms with Crippen LogP contribution in [-0.4, -0.2) is 7.28 Å². The summed E-state index contributed by atoms with van der Waals surface area (Å²) in [7, 11) is 2.12. The largest absolute Gasteiger partial charge is 0.172 e. The molecule has 15 heavy (non-hydrogen) atoms. The van der Waals surface area contributed by atoms with Crippen LogP contribution in [-0.2, 0) is 0 Å². The van der Waals surface area contributed by atoms with Crippen LogP contribution in [0.3, 0.4) is 0 Å². The van der Waals surface area contributed by atoms with E-state index in [1.54, 1.807) is 0 Å². The van der Waals surface area contributed by atoms with Crippen molar-refractivity contribution >= 4 is 19.2 Å². The molecule has 0 aliphatic carbocycles. The zero-order chi connectivity index (χ0) is 10.1. The molecular formula is C14H10B. The highest BCUT2D eigenvalue weighted by Crippen LogP contribution is 1.91. The van der Waals surface area contributed by atoms with Crippen molar-refractivity contribution in [2.24, 2.45) is 0 Å². The van der Waals surface area contributed by atoms with Gasteiger partial charge in [-0.3, -0.25) is 0 Å². The Kier molecular flexibility index (Phi) is 1.95.